The monoisotopic (exact) mass is 385 g/mol. The second-order valence-electron chi connectivity index (χ2n) is 8.67. The lowest BCUT2D eigenvalue weighted by molar-refractivity contribution is -0.129. The lowest BCUT2D eigenvalue weighted by Crippen LogP contribution is -2.37. The first-order valence-corrected chi connectivity index (χ1v) is 10.1. The lowest BCUT2D eigenvalue weighted by atomic mass is 9.95. The molecule has 0 fully saturated rings. The van der Waals surface area contributed by atoms with Crippen molar-refractivity contribution in [2.45, 2.75) is 40.3 Å². The van der Waals surface area contributed by atoms with Crippen LogP contribution in [0.5, 0.6) is 0 Å². The topological polar surface area (TPSA) is 46.9 Å². The molecule has 4 rings (SSSR count). The molecule has 29 heavy (non-hydrogen) atoms. The van der Waals surface area contributed by atoms with Crippen molar-refractivity contribution in [2.24, 2.45) is 5.41 Å². The van der Waals surface area contributed by atoms with Crippen LogP contribution < -0.4 is 5.32 Å². The Morgan fingerprint density at radius 1 is 1.00 bits per heavy atom. The summed E-state index contributed by atoms with van der Waals surface area (Å²) in [5.41, 5.74) is 2.79. The number of aromatic nitrogens is 2. The minimum absolute atomic E-state index is 0.0225. The van der Waals surface area contributed by atoms with Gasteiger partial charge in [-0.05, 0) is 41.5 Å². The third-order valence-corrected chi connectivity index (χ3v) is 5.25. The highest BCUT2D eigenvalue weighted by Crippen LogP contribution is 2.25. The highest BCUT2D eigenvalue weighted by atomic mass is 16.2. The molecule has 0 saturated heterocycles. The van der Waals surface area contributed by atoms with Gasteiger partial charge in [0.15, 0.2) is 0 Å². The third kappa shape index (κ3) is 3.88. The van der Waals surface area contributed by atoms with Crippen LogP contribution in [-0.2, 0) is 11.3 Å². The molecule has 0 bridgehead atoms. The van der Waals surface area contributed by atoms with Crippen molar-refractivity contribution in [3.05, 3.63) is 78.1 Å². The SMILES string of the molecule is CC(NC(=O)C(C)(C)C)c1nc2ccccc2n1Cc1ccc2ccccc2c1. The van der Waals surface area contributed by atoms with Gasteiger partial charge in [-0.2, -0.15) is 0 Å². The van der Waals surface area contributed by atoms with E-state index >= 15 is 0 Å². The van der Waals surface area contributed by atoms with Gasteiger partial charge in [0.1, 0.15) is 5.82 Å². The molecule has 0 saturated carbocycles. The van der Waals surface area contributed by atoms with Gasteiger partial charge in [-0.3, -0.25) is 4.79 Å². The van der Waals surface area contributed by atoms with Gasteiger partial charge in [0.2, 0.25) is 5.91 Å². The zero-order valence-corrected chi connectivity index (χ0v) is 17.4. The molecule has 0 aliphatic heterocycles. The first kappa shape index (κ1) is 19.2. The van der Waals surface area contributed by atoms with E-state index in [1.807, 2.05) is 45.9 Å². The van der Waals surface area contributed by atoms with Gasteiger partial charge < -0.3 is 9.88 Å². The van der Waals surface area contributed by atoms with Crippen molar-refractivity contribution >= 4 is 27.7 Å². The van der Waals surface area contributed by atoms with Crippen LogP contribution in [0.4, 0.5) is 0 Å². The Balaban J connectivity index is 1.73. The number of nitrogens with zero attached hydrogens (tertiary/aromatic N) is 2. The van der Waals surface area contributed by atoms with Crippen molar-refractivity contribution in [1.82, 2.24) is 14.9 Å². The van der Waals surface area contributed by atoms with Crippen molar-refractivity contribution < 1.29 is 4.79 Å². The lowest BCUT2D eigenvalue weighted by Gasteiger charge is -2.22. The van der Waals surface area contributed by atoms with Crippen molar-refractivity contribution in [3.63, 3.8) is 0 Å². The molecule has 4 nitrogen and oxygen atoms in total. The Labute approximate surface area is 171 Å². The number of rotatable bonds is 4. The van der Waals surface area contributed by atoms with Crippen LogP contribution in [0.15, 0.2) is 66.7 Å². The fraction of sp³-hybridized carbons (Fsp3) is 0.280. The molecule has 1 atom stereocenters. The van der Waals surface area contributed by atoms with Gasteiger partial charge in [-0.15, -0.1) is 0 Å². The first-order valence-electron chi connectivity index (χ1n) is 10.1. The van der Waals surface area contributed by atoms with E-state index < -0.39 is 5.41 Å². The molecule has 1 amide bonds. The maximum absolute atomic E-state index is 12.5. The second-order valence-corrected chi connectivity index (χ2v) is 8.67. The van der Waals surface area contributed by atoms with Crippen LogP contribution in [0, 0.1) is 5.41 Å². The number of benzene rings is 3. The summed E-state index contributed by atoms with van der Waals surface area (Å²) in [6, 6.07) is 22.9. The average Bonchev–Trinajstić information content (AvgIpc) is 3.06. The van der Waals surface area contributed by atoms with Crippen LogP contribution in [0.2, 0.25) is 0 Å². The highest BCUT2D eigenvalue weighted by molar-refractivity contribution is 5.83. The summed E-state index contributed by atoms with van der Waals surface area (Å²) in [5.74, 6) is 0.895. The van der Waals surface area contributed by atoms with E-state index in [2.05, 4.69) is 58.4 Å². The second kappa shape index (κ2) is 7.36. The van der Waals surface area contributed by atoms with Gasteiger partial charge in [-0.1, -0.05) is 69.3 Å². The van der Waals surface area contributed by atoms with E-state index in [1.165, 1.54) is 16.3 Å². The largest absolute Gasteiger partial charge is 0.346 e. The number of carbonyl (C=O) groups excluding carboxylic acids is 1. The molecule has 148 valence electrons. The van der Waals surface area contributed by atoms with Crippen LogP contribution in [-0.4, -0.2) is 15.5 Å². The van der Waals surface area contributed by atoms with E-state index in [1.54, 1.807) is 0 Å². The first-order chi connectivity index (χ1) is 13.8. The quantitative estimate of drug-likeness (QED) is 0.507. The molecule has 4 heteroatoms. The molecule has 3 aromatic carbocycles. The molecular formula is C25H27N3O. The van der Waals surface area contributed by atoms with Gasteiger partial charge in [0.25, 0.3) is 0 Å². The predicted molar refractivity (Wildman–Crippen MR) is 119 cm³/mol. The van der Waals surface area contributed by atoms with Gasteiger partial charge in [0, 0.05) is 12.0 Å². The van der Waals surface area contributed by atoms with Gasteiger partial charge in [-0.25, -0.2) is 4.98 Å². The summed E-state index contributed by atoms with van der Waals surface area (Å²) < 4.78 is 2.22. The van der Waals surface area contributed by atoms with Crippen LogP contribution >= 0.6 is 0 Å². The summed E-state index contributed by atoms with van der Waals surface area (Å²) in [4.78, 5) is 17.4. The van der Waals surface area contributed by atoms with E-state index in [-0.39, 0.29) is 11.9 Å². The number of hydrogen-bond acceptors (Lipinski definition) is 2. The molecule has 0 aliphatic carbocycles. The molecule has 0 aliphatic rings. The fourth-order valence-corrected chi connectivity index (χ4v) is 3.59. The zero-order chi connectivity index (χ0) is 20.6. The number of amides is 1. The molecule has 0 radical (unpaired) electrons. The van der Waals surface area contributed by atoms with Crippen LogP contribution in [0.25, 0.3) is 21.8 Å². The molecule has 0 spiro atoms. The summed E-state index contributed by atoms with van der Waals surface area (Å²) >= 11 is 0. The Hall–Kier alpha value is -3.14. The highest BCUT2D eigenvalue weighted by Gasteiger charge is 2.25. The van der Waals surface area contributed by atoms with Crippen LogP contribution in [0.1, 0.15) is 45.1 Å². The maximum atomic E-state index is 12.5. The van der Waals surface area contributed by atoms with Crippen molar-refractivity contribution in [2.75, 3.05) is 0 Å². The number of nitrogens with one attached hydrogen (secondary N) is 1. The fourth-order valence-electron chi connectivity index (χ4n) is 3.59. The van der Waals surface area contributed by atoms with Gasteiger partial charge in [0.05, 0.1) is 17.1 Å². The van der Waals surface area contributed by atoms with E-state index in [4.69, 9.17) is 4.98 Å². The molecule has 4 aromatic rings. The van der Waals surface area contributed by atoms with Crippen LogP contribution in [0.3, 0.4) is 0 Å². The van der Waals surface area contributed by atoms with E-state index in [0.717, 1.165) is 16.9 Å². The summed E-state index contributed by atoms with van der Waals surface area (Å²) in [5, 5.41) is 5.59. The Bertz CT molecular complexity index is 1180. The smallest absolute Gasteiger partial charge is 0.225 e. The normalized spacial score (nSPS) is 13.0. The van der Waals surface area contributed by atoms with E-state index in [9.17, 15) is 4.79 Å². The molecule has 1 aromatic heterocycles. The minimum Gasteiger partial charge on any atom is -0.346 e. The molecular weight excluding hydrogens is 358 g/mol. The third-order valence-electron chi connectivity index (χ3n) is 5.25. The number of carbonyl (C=O) groups is 1. The van der Waals surface area contributed by atoms with Gasteiger partial charge >= 0.3 is 0 Å². The zero-order valence-electron chi connectivity index (χ0n) is 17.4. The minimum atomic E-state index is -0.441. The Morgan fingerprint density at radius 2 is 1.69 bits per heavy atom. The molecule has 1 unspecified atom stereocenters. The molecule has 1 heterocycles. The van der Waals surface area contributed by atoms with Crippen molar-refractivity contribution in [3.8, 4) is 0 Å². The average molecular weight is 386 g/mol. The van der Waals surface area contributed by atoms with E-state index in [0.29, 0.717) is 6.54 Å². The van der Waals surface area contributed by atoms with Crippen molar-refractivity contribution in [1.29, 1.82) is 0 Å². The number of fused-ring (bicyclic) bond motifs is 2. The Kier molecular flexibility index (Phi) is 4.87. The standard InChI is InChI=1S/C25H27N3O/c1-17(26-24(29)25(2,3)4)23-27-21-11-7-8-12-22(21)28(23)16-18-13-14-19-9-5-6-10-20(19)15-18/h5-15,17H,16H2,1-4H3,(H,26,29). The Morgan fingerprint density at radius 3 is 2.45 bits per heavy atom. The number of para-hydroxylation sites is 2. The summed E-state index contributed by atoms with van der Waals surface area (Å²) in [7, 11) is 0. The number of hydrogen-bond donors (Lipinski definition) is 1. The number of imidazole rings is 1. The predicted octanol–water partition coefficient (Wildman–Crippen LogP) is 5.46. The summed E-state index contributed by atoms with van der Waals surface area (Å²) in [6.07, 6.45) is 0. The summed E-state index contributed by atoms with van der Waals surface area (Å²) in [6.45, 7) is 8.48. The maximum Gasteiger partial charge on any atom is 0.225 e. The molecule has 1 N–H and O–H groups in total.